The van der Waals surface area contributed by atoms with Gasteiger partial charge in [-0.15, -0.1) is 0 Å². The summed E-state index contributed by atoms with van der Waals surface area (Å²) in [7, 11) is 0.739. The molecule has 0 aromatic rings. The molecule has 0 radical (unpaired) electrons. The maximum Gasteiger partial charge on any atom is 0.0154 e. The van der Waals surface area contributed by atoms with E-state index in [1.807, 2.05) is 0 Å². The van der Waals surface area contributed by atoms with Gasteiger partial charge in [0, 0.05) is 5.96 Å². The van der Waals surface area contributed by atoms with Crippen LogP contribution >= 0.6 is 8.58 Å². The van der Waals surface area contributed by atoms with Gasteiger partial charge in [0.25, 0.3) is 0 Å². The SMILES string of the molecule is CCPC=N. The Kier molecular flexibility index (Phi) is 4.18. The van der Waals surface area contributed by atoms with Crippen molar-refractivity contribution in [2.24, 2.45) is 0 Å². The molecule has 0 saturated carbocycles. The first-order valence-corrected chi connectivity index (χ1v) is 2.92. The molecule has 1 atom stereocenters. The van der Waals surface area contributed by atoms with E-state index >= 15 is 0 Å². The molecule has 5 heavy (non-hydrogen) atoms. The Morgan fingerprint density at radius 3 is 2.60 bits per heavy atom. The summed E-state index contributed by atoms with van der Waals surface area (Å²) < 4.78 is 0. The van der Waals surface area contributed by atoms with Crippen LogP contribution in [0.25, 0.3) is 0 Å². The molecule has 0 fully saturated rings. The largest absolute Gasteiger partial charge is 0.309 e. The van der Waals surface area contributed by atoms with Crippen molar-refractivity contribution < 1.29 is 0 Å². The summed E-state index contributed by atoms with van der Waals surface area (Å²) in [5.41, 5.74) is 0. The van der Waals surface area contributed by atoms with E-state index in [2.05, 4.69) is 6.92 Å². The highest BCUT2D eigenvalue weighted by Crippen LogP contribution is 1.98. The van der Waals surface area contributed by atoms with Crippen molar-refractivity contribution in [1.29, 1.82) is 5.41 Å². The maximum absolute atomic E-state index is 6.49. The molecule has 0 aromatic carbocycles. The molecule has 0 aliphatic heterocycles. The lowest BCUT2D eigenvalue weighted by atomic mass is 11.0. The Labute approximate surface area is 34.1 Å². The van der Waals surface area contributed by atoms with E-state index in [-0.39, 0.29) is 0 Å². The second kappa shape index (κ2) is 4.10. The summed E-state index contributed by atoms with van der Waals surface area (Å²) in [6.45, 7) is 2.07. The number of hydrogen-bond acceptors (Lipinski definition) is 1. The maximum atomic E-state index is 6.49. The normalized spacial score (nSPS) is 9.80. The van der Waals surface area contributed by atoms with E-state index in [0.717, 1.165) is 14.7 Å². The van der Waals surface area contributed by atoms with Gasteiger partial charge >= 0.3 is 0 Å². The van der Waals surface area contributed by atoms with Crippen molar-refractivity contribution in [1.82, 2.24) is 0 Å². The standard InChI is InChI=1S/C3H8NP/c1-2-5-3-4/h3-5H,2H2,1H3. The molecule has 0 heterocycles. The Bertz CT molecular complexity index is 28.1. The summed E-state index contributed by atoms with van der Waals surface area (Å²) in [5.74, 6) is 1.46. The van der Waals surface area contributed by atoms with Crippen LogP contribution in [0.4, 0.5) is 0 Å². The highest BCUT2D eigenvalue weighted by Gasteiger charge is 1.62. The second-order valence-corrected chi connectivity index (χ2v) is 2.11. The van der Waals surface area contributed by atoms with Crippen LogP contribution in [-0.2, 0) is 0 Å². The van der Waals surface area contributed by atoms with Gasteiger partial charge in [-0.3, -0.25) is 0 Å². The van der Waals surface area contributed by atoms with Gasteiger partial charge < -0.3 is 5.41 Å². The predicted molar refractivity (Wildman–Crippen MR) is 27.6 cm³/mol. The van der Waals surface area contributed by atoms with Crippen LogP contribution in [0.15, 0.2) is 0 Å². The van der Waals surface area contributed by atoms with Gasteiger partial charge in [0.2, 0.25) is 0 Å². The Morgan fingerprint density at radius 1 is 2.00 bits per heavy atom. The van der Waals surface area contributed by atoms with E-state index < -0.39 is 0 Å². The van der Waals surface area contributed by atoms with Crippen LogP contribution < -0.4 is 0 Å². The van der Waals surface area contributed by atoms with E-state index in [1.165, 1.54) is 5.96 Å². The quantitative estimate of drug-likeness (QED) is 0.389. The molecule has 0 rings (SSSR count). The smallest absolute Gasteiger partial charge is 0.0154 e. The van der Waals surface area contributed by atoms with Crippen molar-refractivity contribution in [3.05, 3.63) is 0 Å². The van der Waals surface area contributed by atoms with E-state index in [1.54, 1.807) is 0 Å². The molecular weight excluding hydrogens is 81.0 g/mol. The monoisotopic (exact) mass is 89.0 g/mol. The van der Waals surface area contributed by atoms with Gasteiger partial charge in [0.05, 0.1) is 0 Å². The lowest BCUT2D eigenvalue weighted by Gasteiger charge is -1.72. The van der Waals surface area contributed by atoms with E-state index in [0.29, 0.717) is 0 Å². The molecule has 2 heteroatoms. The van der Waals surface area contributed by atoms with Gasteiger partial charge in [-0.2, -0.15) is 0 Å². The summed E-state index contributed by atoms with van der Waals surface area (Å²) in [5, 5.41) is 6.49. The fraction of sp³-hybridized carbons (Fsp3) is 0.667. The van der Waals surface area contributed by atoms with Crippen molar-refractivity contribution >= 4 is 14.5 Å². The first-order valence-electron chi connectivity index (χ1n) is 1.64. The predicted octanol–water partition coefficient (Wildman–Crippen LogP) is 1.29. The fourth-order valence-corrected chi connectivity index (χ4v) is 0.306. The van der Waals surface area contributed by atoms with Crippen molar-refractivity contribution in [2.45, 2.75) is 6.92 Å². The third-order valence-electron chi connectivity index (χ3n) is 0.306. The lowest BCUT2D eigenvalue weighted by Crippen LogP contribution is -1.54. The minimum atomic E-state index is 0.739. The lowest BCUT2D eigenvalue weighted by molar-refractivity contribution is 1.52. The van der Waals surface area contributed by atoms with Crippen LogP contribution in [0.1, 0.15) is 6.92 Å². The zero-order valence-electron chi connectivity index (χ0n) is 3.28. The summed E-state index contributed by atoms with van der Waals surface area (Å²) in [6.07, 6.45) is 1.13. The Hall–Kier alpha value is 0.100. The molecule has 0 aliphatic carbocycles. The van der Waals surface area contributed by atoms with Gasteiger partial charge in [-0.05, 0) is 6.16 Å². The van der Waals surface area contributed by atoms with Gasteiger partial charge in [0.15, 0.2) is 0 Å². The molecule has 1 nitrogen and oxygen atoms in total. The number of hydrogen-bond donors (Lipinski definition) is 1. The molecule has 0 bridgehead atoms. The molecule has 1 N–H and O–H groups in total. The average Bonchev–Trinajstić information content (AvgIpc) is 1.41. The van der Waals surface area contributed by atoms with Crippen LogP contribution in [0, 0.1) is 5.41 Å². The number of nitrogens with one attached hydrogen (secondary N) is 1. The number of rotatable bonds is 2. The van der Waals surface area contributed by atoms with Crippen LogP contribution in [-0.4, -0.2) is 12.1 Å². The van der Waals surface area contributed by atoms with Gasteiger partial charge in [-0.25, -0.2) is 0 Å². The highest BCUT2D eigenvalue weighted by atomic mass is 31.1. The van der Waals surface area contributed by atoms with Crippen LogP contribution in [0.2, 0.25) is 0 Å². The summed E-state index contributed by atoms with van der Waals surface area (Å²) in [4.78, 5) is 0. The van der Waals surface area contributed by atoms with Crippen LogP contribution in [0.5, 0.6) is 0 Å². The first kappa shape index (κ1) is 5.10. The zero-order valence-corrected chi connectivity index (χ0v) is 4.28. The second-order valence-electron chi connectivity index (χ2n) is 0.702. The van der Waals surface area contributed by atoms with Gasteiger partial charge in [0.1, 0.15) is 0 Å². The molecule has 0 saturated heterocycles. The molecule has 0 aliphatic rings. The van der Waals surface area contributed by atoms with Crippen molar-refractivity contribution in [3.63, 3.8) is 0 Å². The Morgan fingerprint density at radius 2 is 2.60 bits per heavy atom. The minimum Gasteiger partial charge on any atom is -0.309 e. The average molecular weight is 89.1 g/mol. The third kappa shape index (κ3) is 4.10. The summed E-state index contributed by atoms with van der Waals surface area (Å²) >= 11 is 0. The fourth-order valence-electron chi connectivity index (χ4n) is 0.102. The zero-order chi connectivity index (χ0) is 4.12. The topological polar surface area (TPSA) is 23.9 Å². The highest BCUT2D eigenvalue weighted by molar-refractivity contribution is 7.55. The molecular formula is C3H8NP. The van der Waals surface area contributed by atoms with Crippen molar-refractivity contribution in [3.8, 4) is 0 Å². The molecule has 0 spiro atoms. The van der Waals surface area contributed by atoms with E-state index in [9.17, 15) is 0 Å². The van der Waals surface area contributed by atoms with Crippen LogP contribution in [0.3, 0.4) is 0 Å². The molecule has 0 amide bonds. The molecule has 30 valence electrons. The third-order valence-corrected chi connectivity index (χ3v) is 0.919. The first-order chi connectivity index (χ1) is 2.41. The molecule has 0 aromatic heterocycles. The minimum absolute atomic E-state index is 0.739. The van der Waals surface area contributed by atoms with Crippen molar-refractivity contribution in [2.75, 3.05) is 6.16 Å². The molecule has 1 unspecified atom stereocenters. The van der Waals surface area contributed by atoms with E-state index in [4.69, 9.17) is 5.41 Å². The van der Waals surface area contributed by atoms with Gasteiger partial charge in [-0.1, -0.05) is 15.5 Å². The Balaban J connectivity index is 2.40. The summed E-state index contributed by atoms with van der Waals surface area (Å²) in [6, 6.07) is 0.